The van der Waals surface area contributed by atoms with Crippen LogP contribution >= 0.6 is 0 Å². The van der Waals surface area contributed by atoms with E-state index < -0.39 is 0 Å². The number of esters is 1. The molecule has 7 heteroatoms. The summed E-state index contributed by atoms with van der Waals surface area (Å²) in [6, 6.07) is 16.1. The molecular formula is C25H27N3O4. The monoisotopic (exact) mass is 433 g/mol. The normalized spacial score (nSPS) is 10.9. The van der Waals surface area contributed by atoms with E-state index >= 15 is 0 Å². The fourth-order valence-corrected chi connectivity index (χ4v) is 3.37. The van der Waals surface area contributed by atoms with Gasteiger partial charge >= 0.3 is 5.97 Å². The van der Waals surface area contributed by atoms with E-state index in [-0.39, 0.29) is 11.9 Å². The Bertz CT molecular complexity index is 1110. The molecule has 0 saturated carbocycles. The summed E-state index contributed by atoms with van der Waals surface area (Å²) >= 11 is 0. The Balaban J connectivity index is 1.71. The van der Waals surface area contributed by atoms with Crippen LogP contribution < -0.4 is 10.2 Å². The van der Waals surface area contributed by atoms with Crippen molar-refractivity contribution in [3.63, 3.8) is 0 Å². The summed E-state index contributed by atoms with van der Waals surface area (Å²) in [5, 5.41) is 4.11. The number of rotatable bonds is 8. The number of nitrogens with zero attached hydrogens (tertiary/aromatic N) is 2. The lowest BCUT2D eigenvalue weighted by Gasteiger charge is -2.10. The average Bonchev–Trinajstić information content (AvgIpc) is 3.07. The first-order chi connectivity index (χ1) is 15.4. The second-order valence-corrected chi connectivity index (χ2v) is 7.09. The molecule has 0 spiro atoms. The number of aryl methyl sites for hydroxylation is 1. The molecule has 1 aromatic heterocycles. The molecule has 32 heavy (non-hydrogen) atoms. The summed E-state index contributed by atoms with van der Waals surface area (Å²) in [5.41, 5.74) is 7.33. The summed E-state index contributed by atoms with van der Waals surface area (Å²) in [6.45, 7) is 8.56. The van der Waals surface area contributed by atoms with Crippen LogP contribution in [0.2, 0.25) is 0 Å². The van der Waals surface area contributed by atoms with Crippen LogP contribution in [0.3, 0.4) is 0 Å². The van der Waals surface area contributed by atoms with Gasteiger partial charge in [-0.25, -0.2) is 10.2 Å². The first-order valence-corrected chi connectivity index (χ1v) is 10.5. The van der Waals surface area contributed by atoms with Gasteiger partial charge in [0.2, 0.25) is 0 Å². The smallest absolute Gasteiger partial charge is 0.338 e. The molecule has 3 aromatic rings. The molecule has 1 amide bonds. The van der Waals surface area contributed by atoms with Gasteiger partial charge in [-0.15, -0.1) is 0 Å². The number of ether oxygens (including phenoxy) is 2. The first-order valence-electron chi connectivity index (χ1n) is 10.5. The Hall–Kier alpha value is -3.87. The lowest BCUT2D eigenvalue weighted by Crippen LogP contribution is -2.17. The SMILES string of the molecule is CCOC(=O)c1ccc(-n2c(C)cc(/C=N/NC(=O)c3ccc(OCC)cc3)c2C)cc1. The molecule has 2 aromatic carbocycles. The van der Waals surface area contributed by atoms with E-state index in [0.29, 0.717) is 24.3 Å². The van der Waals surface area contributed by atoms with Crippen LogP contribution in [0, 0.1) is 13.8 Å². The van der Waals surface area contributed by atoms with Gasteiger partial charge in [0.05, 0.1) is 25.0 Å². The highest BCUT2D eigenvalue weighted by atomic mass is 16.5. The quantitative estimate of drug-likeness (QED) is 0.324. The van der Waals surface area contributed by atoms with E-state index in [9.17, 15) is 9.59 Å². The fraction of sp³-hybridized carbons (Fsp3) is 0.240. The fourth-order valence-electron chi connectivity index (χ4n) is 3.37. The number of carbonyl (C=O) groups excluding carboxylic acids is 2. The molecule has 0 radical (unpaired) electrons. The number of carbonyl (C=O) groups is 2. The first kappa shape index (κ1) is 22.8. The van der Waals surface area contributed by atoms with Crippen molar-refractivity contribution < 1.29 is 19.1 Å². The van der Waals surface area contributed by atoms with Crippen molar-refractivity contribution in [2.45, 2.75) is 27.7 Å². The zero-order chi connectivity index (χ0) is 23.1. The Morgan fingerprint density at radius 1 is 0.969 bits per heavy atom. The molecular weight excluding hydrogens is 406 g/mol. The highest BCUT2D eigenvalue weighted by molar-refractivity contribution is 5.95. The van der Waals surface area contributed by atoms with Crippen LogP contribution in [0.1, 0.15) is 51.5 Å². The Morgan fingerprint density at radius 3 is 2.25 bits per heavy atom. The number of amides is 1. The van der Waals surface area contributed by atoms with Crippen molar-refractivity contribution in [2.24, 2.45) is 5.10 Å². The van der Waals surface area contributed by atoms with Crippen molar-refractivity contribution in [2.75, 3.05) is 13.2 Å². The predicted octanol–water partition coefficient (Wildman–Crippen LogP) is 4.43. The van der Waals surface area contributed by atoms with Crippen LogP contribution in [0.15, 0.2) is 59.7 Å². The molecule has 1 heterocycles. The minimum atomic E-state index is -0.337. The number of nitrogens with one attached hydrogen (secondary N) is 1. The van der Waals surface area contributed by atoms with Gasteiger partial charge in [0.25, 0.3) is 5.91 Å². The van der Waals surface area contributed by atoms with Crippen LogP contribution in [0.4, 0.5) is 0 Å². The summed E-state index contributed by atoms with van der Waals surface area (Å²) in [7, 11) is 0. The lowest BCUT2D eigenvalue weighted by atomic mass is 10.2. The zero-order valence-corrected chi connectivity index (χ0v) is 18.7. The van der Waals surface area contributed by atoms with Crippen LogP contribution in [0.5, 0.6) is 5.75 Å². The molecule has 1 N–H and O–H groups in total. The highest BCUT2D eigenvalue weighted by Crippen LogP contribution is 2.20. The van der Waals surface area contributed by atoms with Crippen LogP contribution in [-0.4, -0.2) is 35.9 Å². The van der Waals surface area contributed by atoms with Gasteiger partial charge in [-0.3, -0.25) is 4.79 Å². The topological polar surface area (TPSA) is 81.9 Å². The third-order valence-electron chi connectivity index (χ3n) is 4.90. The van der Waals surface area contributed by atoms with Gasteiger partial charge in [0, 0.05) is 28.2 Å². The summed E-state index contributed by atoms with van der Waals surface area (Å²) < 4.78 is 12.5. The van der Waals surface area contributed by atoms with Crippen LogP contribution in [0.25, 0.3) is 5.69 Å². The van der Waals surface area contributed by atoms with E-state index in [0.717, 1.165) is 28.4 Å². The standard InChI is InChI=1S/C25H27N3O4/c1-5-31-23-13-9-19(10-14-23)24(29)27-26-16-21-15-17(3)28(18(21)4)22-11-7-20(8-12-22)25(30)32-6-2/h7-16H,5-6H2,1-4H3,(H,27,29)/b26-16+. The molecule has 166 valence electrons. The number of hydrogen-bond acceptors (Lipinski definition) is 5. The van der Waals surface area contributed by atoms with Gasteiger partial charge in [-0.05, 0) is 82.3 Å². The molecule has 0 aliphatic carbocycles. The van der Waals surface area contributed by atoms with E-state index in [4.69, 9.17) is 9.47 Å². The predicted molar refractivity (Wildman–Crippen MR) is 124 cm³/mol. The summed E-state index contributed by atoms with van der Waals surface area (Å²) in [4.78, 5) is 24.2. The van der Waals surface area contributed by atoms with Gasteiger partial charge in [-0.1, -0.05) is 0 Å². The molecule has 0 fully saturated rings. The van der Waals surface area contributed by atoms with E-state index in [1.54, 1.807) is 49.5 Å². The third kappa shape index (κ3) is 5.24. The second-order valence-electron chi connectivity index (χ2n) is 7.09. The third-order valence-corrected chi connectivity index (χ3v) is 4.90. The van der Waals surface area contributed by atoms with Gasteiger partial charge < -0.3 is 14.0 Å². The molecule has 3 rings (SSSR count). The van der Waals surface area contributed by atoms with E-state index in [1.807, 2.05) is 39.0 Å². The molecule has 0 atom stereocenters. The maximum absolute atomic E-state index is 12.3. The minimum Gasteiger partial charge on any atom is -0.494 e. The number of benzene rings is 2. The Kier molecular flexibility index (Phi) is 7.44. The number of hydrazone groups is 1. The zero-order valence-electron chi connectivity index (χ0n) is 18.7. The minimum absolute atomic E-state index is 0.298. The maximum Gasteiger partial charge on any atom is 0.338 e. The van der Waals surface area contributed by atoms with Gasteiger partial charge in [0.15, 0.2) is 0 Å². The van der Waals surface area contributed by atoms with Crippen LogP contribution in [-0.2, 0) is 4.74 Å². The van der Waals surface area contributed by atoms with Crippen molar-refractivity contribution >= 4 is 18.1 Å². The largest absolute Gasteiger partial charge is 0.494 e. The van der Waals surface area contributed by atoms with Gasteiger partial charge in [-0.2, -0.15) is 5.10 Å². The van der Waals surface area contributed by atoms with E-state index in [1.165, 1.54) is 0 Å². The van der Waals surface area contributed by atoms with Crippen molar-refractivity contribution in [3.05, 3.63) is 82.7 Å². The lowest BCUT2D eigenvalue weighted by molar-refractivity contribution is 0.0526. The number of hydrogen-bond donors (Lipinski definition) is 1. The molecule has 0 saturated heterocycles. The Morgan fingerprint density at radius 2 is 1.62 bits per heavy atom. The van der Waals surface area contributed by atoms with Crippen molar-refractivity contribution in [1.29, 1.82) is 0 Å². The molecule has 0 bridgehead atoms. The Labute approximate surface area is 187 Å². The second kappa shape index (κ2) is 10.4. The van der Waals surface area contributed by atoms with Gasteiger partial charge in [0.1, 0.15) is 5.75 Å². The number of aromatic nitrogens is 1. The molecule has 0 aliphatic heterocycles. The van der Waals surface area contributed by atoms with Crippen molar-refractivity contribution in [3.8, 4) is 11.4 Å². The summed E-state index contributed by atoms with van der Waals surface area (Å²) in [5.74, 6) is 0.0824. The van der Waals surface area contributed by atoms with E-state index in [2.05, 4.69) is 15.1 Å². The average molecular weight is 434 g/mol. The highest BCUT2D eigenvalue weighted by Gasteiger charge is 2.12. The molecule has 0 unspecified atom stereocenters. The molecule has 0 aliphatic rings. The van der Waals surface area contributed by atoms with Crippen molar-refractivity contribution in [1.82, 2.24) is 9.99 Å². The maximum atomic E-state index is 12.3. The summed E-state index contributed by atoms with van der Waals surface area (Å²) in [6.07, 6.45) is 1.62. The molecule has 7 nitrogen and oxygen atoms in total.